The maximum Gasteiger partial charge on any atom is 0.223 e. The maximum atomic E-state index is 13.0. The number of carbonyl (C=O) groups excluding carboxylic acids is 1. The molecule has 0 fully saturated rings. The maximum absolute atomic E-state index is 13.0. The molecule has 0 bridgehead atoms. The monoisotopic (exact) mass is 294 g/mol. The molecule has 1 aromatic carbocycles. The van der Waals surface area contributed by atoms with Gasteiger partial charge < -0.3 is 10.2 Å². The molecule has 1 amide bonds. The number of nitrogens with zero attached hydrogens (tertiary/aromatic N) is 1. The second-order valence-corrected chi connectivity index (χ2v) is 5.62. The number of carbonyl (C=O) groups is 1. The van der Waals surface area contributed by atoms with E-state index in [2.05, 4.69) is 19.2 Å². The largest absolute Gasteiger partial charge is 0.336 e. The van der Waals surface area contributed by atoms with Gasteiger partial charge in [0.25, 0.3) is 0 Å². The summed E-state index contributed by atoms with van der Waals surface area (Å²) in [6.07, 6.45) is 1.38. The van der Waals surface area contributed by atoms with Gasteiger partial charge in [-0.2, -0.15) is 0 Å². The highest BCUT2D eigenvalue weighted by Crippen LogP contribution is 2.21. The van der Waals surface area contributed by atoms with Gasteiger partial charge in [-0.3, -0.25) is 4.79 Å². The first-order valence-electron chi connectivity index (χ1n) is 7.74. The minimum Gasteiger partial charge on any atom is -0.336 e. The Balaban J connectivity index is 2.56. The van der Waals surface area contributed by atoms with Crippen LogP contribution in [0.25, 0.3) is 0 Å². The van der Waals surface area contributed by atoms with Crippen molar-refractivity contribution in [2.75, 3.05) is 13.1 Å². The number of nitrogens with one attached hydrogen (secondary N) is 1. The molecular formula is C17H27FN2O. The molecule has 0 heterocycles. The van der Waals surface area contributed by atoms with Gasteiger partial charge in [0.1, 0.15) is 5.82 Å². The SMILES string of the molecule is CCN(C(=O)CCCNC(C)C)C(C)c1ccc(F)cc1. The molecule has 0 radical (unpaired) electrons. The van der Waals surface area contributed by atoms with Gasteiger partial charge >= 0.3 is 0 Å². The standard InChI is InChI=1S/C17H27FN2O/c1-5-20(17(21)7-6-12-19-13(2)3)14(4)15-8-10-16(18)11-9-15/h8-11,13-14,19H,5-7,12H2,1-4H3. The number of halogens is 1. The van der Waals surface area contributed by atoms with Gasteiger partial charge in [-0.15, -0.1) is 0 Å². The summed E-state index contributed by atoms with van der Waals surface area (Å²) in [5, 5.41) is 3.31. The first-order valence-corrected chi connectivity index (χ1v) is 7.74. The van der Waals surface area contributed by atoms with E-state index in [-0.39, 0.29) is 17.8 Å². The van der Waals surface area contributed by atoms with Crippen molar-refractivity contribution in [3.05, 3.63) is 35.6 Å². The van der Waals surface area contributed by atoms with E-state index in [1.54, 1.807) is 12.1 Å². The first-order chi connectivity index (χ1) is 9.95. The fourth-order valence-corrected chi connectivity index (χ4v) is 2.36. The lowest BCUT2D eigenvalue weighted by Crippen LogP contribution is -2.34. The molecule has 0 saturated heterocycles. The Labute approximate surface area is 127 Å². The first kappa shape index (κ1) is 17.6. The molecule has 3 nitrogen and oxygen atoms in total. The summed E-state index contributed by atoms with van der Waals surface area (Å²) >= 11 is 0. The Kier molecular flexibility index (Phi) is 7.37. The number of hydrogen-bond donors (Lipinski definition) is 1. The van der Waals surface area contributed by atoms with Crippen LogP contribution in [0.1, 0.15) is 52.1 Å². The van der Waals surface area contributed by atoms with Crippen LogP contribution in [-0.4, -0.2) is 29.9 Å². The fraction of sp³-hybridized carbons (Fsp3) is 0.588. The van der Waals surface area contributed by atoms with Crippen LogP contribution in [0.4, 0.5) is 4.39 Å². The van der Waals surface area contributed by atoms with Crippen LogP contribution in [-0.2, 0) is 4.79 Å². The molecule has 4 heteroatoms. The van der Waals surface area contributed by atoms with Crippen molar-refractivity contribution in [1.29, 1.82) is 0 Å². The highest BCUT2D eigenvalue weighted by atomic mass is 19.1. The van der Waals surface area contributed by atoms with E-state index >= 15 is 0 Å². The highest BCUT2D eigenvalue weighted by molar-refractivity contribution is 5.76. The predicted molar refractivity (Wildman–Crippen MR) is 84.6 cm³/mol. The van der Waals surface area contributed by atoms with Gasteiger partial charge in [-0.1, -0.05) is 26.0 Å². The highest BCUT2D eigenvalue weighted by Gasteiger charge is 2.19. The third-order valence-corrected chi connectivity index (χ3v) is 3.60. The smallest absolute Gasteiger partial charge is 0.223 e. The van der Waals surface area contributed by atoms with Crippen molar-refractivity contribution in [2.45, 2.75) is 52.6 Å². The van der Waals surface area contributed by atoms with Crippen LogP contribution < -0.4 is 5.32 Å². The molecule has 1 atom stereocenters. The van der Waals surface area contributed by atoms with Crippen molar-refractivity contribution in [2.24, 2.45) is 0 Å². The predicted octanol–water partition coefficient (Wildman–Crippen LogP) is 3.51. The zero-order chi connectivity index (χ0) is 15.8. The van der Waals surface area contributed by atoms with Crippen molar-refractivity contribution in [3.8, 4) is 0 Å². The summed E-state index contributed by atoms with van der Waals surface area (Å²) in [5.74, 6) is -0.0973. The Hall–Kier alpha value is -1.42. The molecular weight excluding hydrogens is 267 g/mol. The van der Waals surface area contributed by atoms with Crippen molar-refractivity contribution in [3.63, 3.8) is 0 Å². The van der Waals surface area contributed by atoms with Gasteiger partial charge in [-0.25, -0.2) is 4.39 Å². The van der Waals surface area contributed by atoms with E-state index in [1.807, 2.05) is 18.7 Å². The van der Waals surface area contributed by atoms with Crippen LogP contribution in [0.15, 0.2) is 24.3 Å². The Morgan fingerprint density at radius 3 is 2.38 bits per heavy atom. The molecule has 1 aromatic rings. The molecule has 21 heavy (non-hydrogen) atoms. The van der Waals surface area contributed by atoms with Crippen LogP contribution in [0, 0.1) is 5.82 Å². The van der Waals surface area contributed by atoms with E-state index < -0.39 is 0 Å². The summed E-state index contributed by atoms with van der Waals surface area (Å²) in [6, 6.07) is 6.79. The van der Waals surface area contributed by atoms with Crippen molar-refractivity contribution in [1.82, 2.24) is 10.2 Å². The van der Waals surface area contributed by atoms with Crippen LogP contribution in [0.3, 0.4) is 0 Å². The molecule has 118 valence electrons. The second-order valence-electron chi connectivity index (χ2n) is 5.62. The lowest BCUT2D eigenvalue weighted by atomic mass is 10.1. The van der Waals surface area contributed by atoms with Crippen molar-refractivity contribution >= 4 is 5.91 Å². The molecule has 0 spiro atoms. The lowest BCUT2D eigenvalue weighted by Gasteiger charge is -2.28. The minimum absolute atomic E-state index is 0.0267. The van der Waals surface area contributed by atoms with E-state index in [9.17, 15) is 9.18 Å². The average Bonchev–Trinajstić information content (AvgIpc) is 2.44. The van der Waals surface area contributed by atoms with Gasteiger partial charge in [0.2, 0.25) is 5.91 Å². The summed E-state index contributed by atoms with van der Waals surface area (Å²) < 4.78 is 13.0. The molecule has 0 saturated carbocycles. The molecule has 0 aliphatic rings. The van der Waals surface area contributed by atoms with Gasteiger partial charge in [-0.05, 0) is 44.5 Å². The Morgan fingerprint density at radius 2 is 1.86 bits per heavy atom. The second kappa shape index (κ2) is 8.78. The van der Waals surface area contributed by atoms with E-state index in [0.717, 1.165) is 18.5 Å². The van der Waals surface area contributed by atoms with Gasteiger partial charge in [0.15, 0.2) is 0 Å². The van der Waals surface area contributed by atoms with Crippen LogP contribution >= 0.6 is 0 Å². The summed E-state index contributed by atoms with van der Waals surface area (Å²) in [7, 11) is 0. The summed E-state index contributed by atoms with van der Waals surface area (Å²) in [5.41, 5.74) is 0.965. The molecule has 1 unspecified atom stereocenters. The fourth-order valence-electron chi connectivity index (χ4n) is 2.36. The van der Waals surface area contributed by atoms with E-state index in [4.69, 9.17) is 0 Å². The number of rotatable bonds is 8. The lowest BCUT2D eigenvalue weighted by molar-refractivity contribution is -0.133. The molecule has 1 N–H and O–H groups in total. The van der Waals surface area contributed by atoms with Crippen LogP contribution in [0.2, 0.25) is 0 Å². The molecule has 0 aliphatic carbocycles. The summed E-state index contributed by atoms with van der Waals surface area (Å²) in [4.78, 5) is 14.2. The van der Waals surface area contributed by atoms with Gasteiger partial charge in [0.05, 0.1) is 6.04 Å². The Morgan fingerprint density at radius 1 is 1.24 bits per heavy atom. The molecule has 1 rings (SSSR count). The number of benzene rings is 1. The van der Waals surface area contributed by atoms with Crippen LogP contribution in [0.5, 0.6) is 0 Å². The van der Waals surface area contributed by atoms with E-state index in [0.29, 0.717) is 19.0 Å². The quantitative estimate of drug-likeness (QED) is 0.744. The zero-order valence-corrected chi connectivity index (χ0v) is 13.5. The van der Waals surface area contributed by atoms with Gasteiger partial charge in [0, 0.05) is 19.0 Å². The summed E-state index contributed by atoms with van der Waals surface area (Å²) in [6.45, 7) is 9.67. The molecule has 0 aromatic heterocycles. The average molecular weight is 294 g/mol. The minimum atomic E-state index is -0.250. The van der Waals surface area contributed by atoms with Crippen molar-refractivity contribution < 1.29 is 9.18 Å². The number of amides is 1. The topological polar surface area (TPSA) is 32.3 Å². The normalized spacial score (nSPS) is 12.5. The number of hydrogen-bond acceptors (Lipinski definition) is 2. The third kappa shape index (κ3) is 5.84. The molecule has 0 aliphatic heterocycles. The van der Waals surface area contributed by atoms with E-state index in [1.165, 1.54) is 12.1 Å². The third-order valence-electron chi connectivity index (χ3n) is 3.60. The zero-order valence-electron chi connectivity index (χ0n) is 13.5. The Bertz CT molecular complexity index is 431.